The van der Waals surface area contributed by atoms with Crippen molar-refractivity contribution in [3.8, 4) is 11.4 Å². The van der Waals surface area contributed by atoms with Crippen molar-refractivity contribution < 1.29 is 17.7 Å². The molecule has 0 bridgehead atoms. The summed E-state index contributed by atoms with van der Waals surface area (Å²) in [6.45, 7) is 3.87. The van der Waals surface area contributed by atoms with Gasteiger partial charge in [-0.15, -0.1) is 0 Å². The van der Waals surface area contributed by atoms with E-state index in [1.54, 1.807) is 24.3 Å². The Bertz CT molecular complexity index is 1240. The van der Waals surface area contributed by atoms with Gasteiger partial charge in [-0.2, -0.15) is 4.98 Å². The van der Waals surface area contributed by atoms with Crippen LogP contribution in [0.4, 0.5) is 0 Å². The molecule has 0 saturated carbocycles. The van der Waals surface area contributed by atoms with Crippen LogP contribution in [0.2, 0.25) is 0 Å². The van der Waals surface area contributed by atoms with Crippen molar-refractivity contribution in [1.29, 1.82) is 0 Å². The fourth-order valence-corrected chi connectivity index (χ4v) is 4.95. The Morgan fingerprint density at radius 3 is 2.59 bits per heavy atom. The maximum Gasteiger partial charge on any atom is 0.241 e. The molecule has 2 heterocycles. The molecule has 4 rings (SSSR count). The van der Waals surface area contributed by atoms with Gasteiger partial charge in [-0.25, -0.2) is 8.42 Å². The number of aromatic nitrogens is 2. The first-order valence-corrected chi connectivity index (χ1v) is 13.8. The molecule has 1 N–H and O–H groups in total. The van der Waals surface area contributed by atoms with Crippen LogP contribution in [0.3, 0.4) is 0 Å². The maximum absolute atomic E-state index is 12.9. The van der Waals surface area contributed by atoms with E-state index in [1.807, 2.05) is 31.2 Å². The summed E-state index contributed by atoms with van der Waals surface area (Å²) in [5.74, 6) is 0.925. The smallest absolute Gasteiger partial charge is 0.241 e. The molecule has 0 aliphatic carbocycles. The predicted molar refractivity (Wildman–Crippen MR) is 132 cm³/mol. The van der Waals surface area contributed by atoms with Crippen LogP contribution in [0.1, 0.15) is 37.3 Å². The number of halogens is 1. The SMILES string of the molecule is CC(NC(=O)C1CCCN(Cc2nc(-c3ccc(Br)cc3)no2)C1)c1ccc(S(C)(=O)=O)cc1. The lowest BCUT2D eigenvalue weighted by Gasteiger charge is -2.31. The number of nitrogens with zero attached hydrogens (tertiary/aromatic N) is 3. The van der Waals surface area contributed by atoms with Crippen molar-refractivity contribution >= 4 is 31.7 Å². The number of amides is 1. The molecule has 1 fully saturated rings. The third-order valence-electron chi connectivity index (χ3n) is 5.97. The van der Waals surface area contributed by atoms with Gasteiger partial charge >= 0.3 is 0 Å². The van der Waals surface area contributed by atoms with Gasteiger partial charge in [-0.1, -0.05) is 33.2 Å². The summed E-state index contributed by atoms with van der Waals surface area (Å²) in [6.07, 6.45) is 2.90. The molecule has 2 unspecified atom stereocenters. The van der Waals surface area contributed by atoms with E-state index in [0.29, 0.717) is 24.8 Å². The van der Waals surface area contributed by atoms with Crippen molar-refractivity contribution in [2.75, 3.05) is 19.3 Å². The minimum atomic E-state index is -3.25. The highest BCUT2D eigenvalue weighted by molar-refractivity contribution is 9.10. The van der Waals surface area contributed by atoms with Crippen LogP contribution in [0.25, 0.3) is 11.4 Å². The lowest BCUT2D eigenvalue weighted by atomic mass is 9.96. The minimum absolute atomic E-state index is 0.00882. The first kappa shape index (κ1) is 24.6. The molecule has 0 radical (unpaired) electrons. The van der Waals surface area contributed by atoms with E-state index < -0.39 is 9.84 Å². The summed E-state index contributed by atoms with van der Waals surface area (Å²) in [4.78, 5) is 19.9. The highest BCUT2D eigenvalue weighted by Gasteiger charge is 2.28. The van der Waals surface area contributed by atoms with Crippen LogP contribution in [0.5, 0.6) is 0 Å². The summed E-state index contributed by atoms with van der Waals surface area (Å²) < 4.78 is 29.7. The van der Waals surface area contributed by atoms with Gasteiger partial charge < -0.3 is 9.84 Å². The summed E-state index contributed by atoms with van der Waals surface area (Å²) >= 11 is 3.42. The van der Waals surface area contributed by atoms with E-state index in [9.17, 15) is 13.2 Å². The number of hydrogen-bond acceptors (Lipinski definition) is 7. The minimum Gasteiger partial charge on any atom is -0.349 e. The number of piperidine rings is 1. The predicted octanol–water partition coefficient (Wildman–Crippen LogP) is 3.99. The van der Waals surface area contributed by atoms with Gasteiger partial charge in [-0.3, -0.25) is 9.69 Å². The van der Waals surface area contributed by atoms with E-state index in [-0.39, 0.29) is 22.8 Å². The molecule has 0 spiro atoms. The van der Waals surface area contributed by atoms with Crippen LogP contribution in [0, 0.1) is 5.92 Å². The van der Waals surface area contributed by atoms with E-state index >= 15 is 0 Å². The number of hydrogen-bond donors (Lipinski definition) is 1. The molecule has 180 valence electrons. The second-order valence-corrected chi connectivity index (χ2v) is 11.6. The van der Waals surface area contributed by atoms with Crippen LogP contribution in [-0.2, 0) is 21.2 Å². The second-order valence-electron chi connectivity index (χ2n) is 8.66. The molecule has 8 nitrogen and oxygen atoms in total. The summed E-state index contributed by atoms with van der Waals surface area (Å²) in [5.41, 5.74) is 1.74. The molecule has 34 heavy (non-hydrogen) atoms. The quantitative estimate of drug-likeness (QED) is 0.477. The second kappa shape index (κ2) is 10.4. The van der Waals surface area contributed by atoms with E-state index in [1.165, 1.54) is 6.26 Å². The molecular formula is C24H27BrN4O4S. The zero-order chi connectivity index (χ0) is 24.3. The van der Waals surface area contributed by atoms with Crippen molar-refractivity contribution in [3.63, 3.8) is 0 Å². The zero-order valence-corrected chi connectivity index (χ0v) is 21.5. The lowest BCUT2D eigenvalue weighted by molar-refractivity contribution is -0.127. The Hall–Kier alpha value is -2.56. The van der Waals surface area contributed by atoms with Gasteiger partial charge in [0.1, 0.15) is 0 Å². The third kappa shape index (κ3) is 6.11. The highest BCUT2D eigenvalue weighted by Crippen LogP contribution is 2.23. The molecule has 3 aromatic rings. The maximum atomic E-state index is 12.9. The normalized spacial score (nSPS) is 17.9. The summed E-state index contributed by atoms with van der Waals surface area (Å²) in [7, 11) is -3.25. The Balaban J connectivity index is 1.33. The summed E-state index contributed by atoms with van der Waals surface area (Å²) in [5, 5.41) is 7.15. The zero-order valence-electron chi connectivity index (χ0n) is 19.1. The molecule has 2 atom stereocenters. The Kier molecular flexibility index (Phi) is 7.49. The molecule has 1 amide bonds. The standard InChI is InChI=1S/C24H27BrN4O4S/c1-16(17-7-11-21(12-8-17)34(2,31)32)26-24(30)19-4-3-13-29(14-19)15-22-27-23(28-33-22)18-5-9-20(25)10-6-18/h5-12,16,19H,3-4,13-15H2,1-2H3,(H,26,30). The van der Waals surface area contributed by atoms with Gasteiger partial charge in [0.15, 0.2) is 9.84 Å². The van der Waals surface area contributed by atoms with E-state index in [4.69, 9.17) is 4.52 Å². The molecule has 1 saturated heterocycles. The van der Waals surface area contributed by atoms with Gasteiger partial charge in [0.25, 0.3) is 0 Å². The number of carbonyl (C=O) groups excluding carboxylic acids is 1. The number of benzene rings is 2. The summed E-state index contributed by atoms with van der Waals surface area (Å²) in [6, 6.07) is 14.1. The lowest BCUT2D eigenvalue weighted by Crippen LogP contribution is -2.43. The molecule has 1 aliphatic rings. The number of sulfone groups is 1. The number of likely N-dealkylation sites (tertiary alicyclic amines) is 1. The van der Waals surface area contributed by atoms with Crippen LogP contribution >= 0.6 is 15.9 Å². The first-order valence-electron chi connectivity index (χ1n) is 11.1. The van der Waals surface area contributed by atoms with Crippen molar-refractivity contribution in [2.24, 2.45) is 5.92 Å². The monoisotopic (exact) mass is 546 g/mol. The molecule has 2 aromatic carbocycles. The van der Waals surface area contributed by atoms with Crippen LogP contribution < -0.4 is 5.32 Å². The van der Waals surface area contributed by atoms with Gasteiger partial charge in [-0.05, 0) is 68.3 Å². The van der Waals surface area contributed by atoms with Crippen molar-refractivity contribution in [3.05, 3.63) is 64.5 Å². The van der Waals surface area contributed by atoms with Crippen LogP contribution in [0.15, 0.2) is 62.4 Å². The number of nitrogens with one attached hydrogen (secondary N) is 1. The number of rotatable bonds is 7. The first-order chi connectivity index (χ1) is 16.2. The molecule has 1 aromatic heterocycles. The largest absolute Gasteiger partial charge is 0.349 e. The van der Waals surface area contributed by atoms with Gasteiger partial charge in [0, 0.05) is 22.8 Å². The van der Waals surface area contributed by atoms with Gasteiger partial charge in [0.05, 0.1) is 23.4 Å². The average molecular weight is 547 g/mol. The highest BCUT2D eigenvalue weighted by atomic mass is 79.9. The molecular weight excluding hydrogens is 520 g/mol. The number of carbonyl (C=O) groups is 1. The average Bonchev–Trinajstić information content (AvgIpc) is 3.27. The van der Waals surface area contributed by atoms with Gasteiger partial charge in [0.2, 0.25) is 17.6 Å². The Labute approximate surface area is 207 Å². The Morgan fingerprint density at radius 1 is 1.21 bits per heavy atom. The van der Waals surface area contributed by atoms with Crippen LogP contribution in [-0.4, -0.2) is 48.7 Å². The third-order valence-corrected chi connectivity index (χ3v) is 7.63. The van der Waals surface area contributed by atoms with Crippen molar-refractivity contribution in [2.45, 2.75) is 37.2 Å². The Morgan fingerprint density at radius 2 is 1.91 bits per heavy atom. The van der Waals surface area contributed by atoms with Crippen molar-refractivity contribution in [1.82, 2.24) is 20.4 Å². The van der Waals surface area contributed by atoms with E-state index in [0.717, 1.165) is 35.0 Å². The molecule has 10 heteroatoms. The fourth-order valence-electron chi connectivity index (χ4n) is 4.06. The van der Waals surface area contributed by atoms with E-state index in [2.05, 4.69) is 36.3 Å². The topological polar surface area (TPSA) is 105 Å². The fraction of sp³-hybridized carbons (Fsp3) is 0.375. The molecule has 1 aliphatic heterocycles.